The zero-order valence-electron chi connectivity index (χ0n) is 11.1. The number of hydrogen-bond donors (Lipinski definition) is 1. The molecule has 2 rings (SSSR count). The van der Waals surface area contributed by atoms with Crippen LogP contribution in [0.1, 0.15) is 23.2 Å². The molecule has 4 nitrogen and oxygen atoms in total. The number of halogens is 1. The summed E-state index contributed by atoms with van der Waals surface area (Å²) in [5, 5.41) is 10.2. The summed E-state index contributed by atoms with van der Waals surface area (Å²) in [7, 11) is 3.20. The second kappa shape index (κ2) is 5.70. The van der Waals surface area contributed by atoms with Gasteiger partial charge in [0.2, 0.25) is 0 Å². The number of rotatable bonds is 4. The largest absolute Gasteiger partial charge is 0.504 e. The lowest BCUT2D eigenvalue weighted by atomic mass is 9.84. The standard InChI is InChI=1S/C14H18ClNO3/c1-16(8-9-6-10(15)7-9)14(18)11-4-3-5-12(19-2)13(11)17/h3-5,9-10,17H,6-8H2,1-2H3. The van der Waals surface area contributed by atoms with Gasteiger partial charge in [-0.1, -0.05) is 6.07 Å². The second-order valence-corrected chi connectivity index (χ2v) is 5.59. The Hall–Kier alpha value is -1.42. The SMILES string of the molecule is COc1cccc(C(=O)N(C)CC2CC(Cl)C2)c1O. The molecular formula is C14H18ClNO3. The number of para-hydroxylation sites is 1. The molecule has 104 valence electrons. The van der Waals surface area contributed by atoms with Crippen LogP contribution >= 0.6 is 11.6 Å². The van der Waals surface area contributed by atoms with Gasteiger partial charge in [0.1, 0.15) is 0 Å². The molecule has 19 heavy (non-hydrogen) atoms. The Kier molecular flexibility index (Phi) is 4.20. The van der Waals surface area contributed by atoms with Crippen molar-refractivity contribution in [3.63, 3.8) is 0 Å². The number of amides is 1. The van der Waals surface area contributed by atoms with Gasteiger partial charge in [-0.25, -0.2) is 0 Å². The van der Waals surface area contributed by atoms with E-state index in [1.807, 2.05) is 0 Å². The lowest BCUT2D eigenvalue weighted by molar-refractivity contribution is 0.0743. The molecule has 1 fully saturated rings. The van der Waals surface area contributed by atoms with Crippen molar-refractivity contribution in [1.29, 1.82) is 0 Å². The second-order valence-electron chi connectivity index (χ2n) is 4.98. The van der Waals surface area contributed by atoms with Crippen LogP contribution in [-0.2, 0) is 0 Å². The highest BCUT2D eigenvalue weighted by atomic mass is 35.5. The number of benzene rings is 1. The Bertz CT molecular complexity index is 472. The molecule has 0 unspecified atom stereocenters. The first-order valence-electron chi connectivity index (χ1n) is 6.28. The molecule has 0 radical (unpaired) electrons. The molecule has 5 heteroatoms. The number of phenols is 1. The summed E-state index contributed by atoms with van der Waals surface area (Å²) in [6.07, 6.45) is 1.90. The van der Waals surface area contributed by atoms with Crippen molar-refractivity contribution in [1.82, 2.24) is 4.90 Å². The number of methoxy groups -OCH3 is 1. The number of aromatic hydroxyl groups is 1. The van der Waals surface area contributed by atoms with Gasteiger partial charge in [-0.05, 0) is 30.9 Å². The minimum atomic E-state index is -0.200. The summed E-state index contributed by atoms with van der Waals surface area (Å²) in [6, 6.07) is 4.91. The van der Waals surface area contributed by atoms with E-state index in [0.717, 1.165) is 12.8 Å². The lowest BCUT2D eigenvalue weighted by Gasteiger charge is -2.34. The van der Waals surface area contributed by atoms with Crippen LogP contribution in [0.15, 0.2) is 18.2 Å². The van der Waals surface area contributed by atoms with E-state index in [9.17, 15) is 9.90 Å². The summed E-state index contributed by atoms with van der Waals surface area (Å²) in [4.78, 5) is 13.9. The molecule has 0 aliphatic heterocycles. The maximum absolute atomic E-state index is 12.3. The van der Waals surface area contributed by atoms with Crippen molar-refractivity contribution in [2.75, 3.05) is 20.7 Å². The maximum Gasteiger partial charge on any atom is 0.257 e. The normalized spacial score (nSPS) is 21.6. The van der Waals surface area contributed by atoms with E-state index in [1.54, 1.807) is 30.1 Å². The average Bonchev–Trinajstić information content (AvgIpc) is 2.36. The van der Waals surface area contributed by atoms with Crippen molar-refractivity contribution in [3.8, 4) is 11.5 Å². The molecule has 1 aliphatic rings. The van der Waals surface area contributed by atoms with E-state index in [1.165, 1.54) is 7.11 Å². The molecule has 1 N–H and O–H groups in total. The number of alkyl halides is 1. The molecule has 0 atom stereocenters. The Morgan fingerprint density at radius 2 is 2.21 bits per heavy atom. The first kappa shape index (κ1) is 14.0. The molecule has 0 heterocycles. The van der Waals surface area contributed by atoms with Crippen molar-refractivity contribution in [2.45, 2.75) is 18.2 Å². The van der Waals surface area contributed by atoms with Crippen LogP contribution in [0.2, 0.25) is 0 Å². The van der Waals surface area contributed by atoms with Gasteiger partial charge in [0.25, 0.3) is 5.91 Å². The summed E-state index contributed by atoms with van der Waals surface area (Å²) < 4.78 is 5.00. The quantitative estimate of drug-likeness (QED) is 0.864. The van der Waals surface area contributed by atoms with Crippen LogP contribution in [0.3, 0.4) is 0 Å². The predicted molar refractivity (Wildman–Crippen MR) is 74.0 cm³/mol. The van der Waals surface area contributed by atoms with Gasteiger partial charge in [0, 0.05) is 19.0 Å². The zero-order valence-corrected chi connectivity index (χ0v) is 11.9. The minimum absolute atomic E-state index is 0.106. The van der Waals surface area contributed by atoms with Crippen LogP contribution < -0.4 is 4.74 Å². The summed E-state index contributed by atoms with van der Waals surface area (Å²) in [5.41, 5.74) is 0.267. The molecule has 0 saturated heterocycles. The van der Waals surface area contributed by atoms with E-state index < -0.39 is 0 Å². The van der Waals surface area contributed by atoms with E-state index in [4.69, 9.17) is 16.3 Å². The molecule has 0 aromatic heterocycles. The van der Waals surface area contributed by atoms with E-state index >= 15 is 0 Å². The number of ether oxygens (including phenoxy) is 1. The maximum atomic E-state index is 12.3. The number of phenolic OH excluding ortho intramolecular Hbond substituents is 1. The van der Waals surface area contributed by atoms with Gasteiger partial charge < -0.3 is 14.7 Å². The fourth-order valence-corrected chi connectivity index (χ4v) is 2.84. The molecular weight excluding hydrogens is 266 g/mol. The molecule has 0 bridgehead atoms. The fourth-order valence-electron chi connectivity index (χ4n) is 2.34. The Morgan fingerprint density at radius 3 is 2.79 bits per heavy atom. The van der Waals surface area contributed by atoms with Crippen LogP contribution in [-0.4, -0.2) is 42.0 Å². The number of hydrogen-bond acceptors (Lipinski definition) is 3. The third-order valence-corrected chi connectivity index (χ3v) is 3.86. The molecule has 1 amide bonds. The van der Waals surface area contributed by atoms with E-state index in [0.29, 0.717) is 18.2 Å². The van der Waals surface area contributed by atoms with Crippen LogP contribution in [0, 0.1) is 5.92 Å². The lowest BCUT2D eigenvalue weighted by Crippen LogP contribution is -2.37. The topological polar surface area (TPSA) is 49.8 Å². The minimum Gasteiger partial charge on any atom is -0.504 e. The van der Waals surface area contributed by atoms with Crippen molar-refractivity contribution in [2.24, 2.45) is 5.92 Å². The van der Waals surface area contributed by atoms with Crippen LogP contribution in [0.25, 0.3) is 0 Å². The van der Waals surface area contributed by atoms with Gasteiger partial charge in [-0.3, -0.25) is 4.79 Å². The smallest absolute Gasteiger partial charge is 0.257 e. The monoisotopic (exact) mass is 283 g/mol. The van der Waals surface area contributed by atoms with Gasteiger partial charge in [-0.15, -0.1) is 11.6 Å². The third-order valence-electron chi connectivity index (χ3n) is 3.51. The molecule has 1 saturated carbocycles. The van der Waals surface area contributed by atoms with Crippen molar-refractivity contribution < 1.29 is 14.6 Å². The van der Waals surface area contributed by atoms with Crippen LogP contribution in [0.4, 0.5) is 0 Å². The van der Waals surface area contributed by atoms with Crippen molar-refractivity contribution >= 4 is 17.5 Å². The summed E-state index contributed by atoms with van der Waals surface area (Å²) in [5.74, 6) is 0.466. The fraction of sp³-hybridized carbons (Fsp3) is 0.500. The highest BCUT2D eigenvalue weighted by molar-refractivity contribution is 6.21. The highest BCUT2D eigenvalue weighted by Crippen LogP contribution is 2.34. The number of carbonyl (C=O) groups is 1. The molecule has 0 spiro atoms. The first-order valence-corrected chi connectivity index (χ1v) is 6.72. The molecule has 1 aromatic rings. The van der Waals surface area contributed by atoms with E-state index in [2.05, 4.69) is 0 Å². The van der Waals surface area contributed by atoms with Gasteiger partial charge in [-0.2, -0.15) is 0 Å². The first-order chi connectivity index (χ1) is 9.02. The predicted octanol–water partition coefficient (Wildman–Crippen LogP) is 2.49. The third kappa shape index (κ3) is 2.95. The van der Waals surface area contributed by atoms with E-state index in [-0.39, 0.29) is 22.6 Å². The average molecular weight is 284 g/mol. The number of carbonyl (C=O) groups excluding carboxylic acids is 1. The van der Waals surface area contributed by atoms with Crippen LogP contribution in [0.5, 0.6) is 11.5 Å². The Labute approximate surface area is 117 Å². The highest BCUT2D eigenvalue weighted by Gasteiger charge is 2.30. The molecule has 1 aliphatic carbocycles. The van der Waals surface area contributed by atoms with Crippen molar-refractivity contribution in [3.05, 3.63) is 23.8 Å². The number of nitrogens with zero attached hydrogens (tertiary/aromatic N) is 1. The van der Waals surface area contributed by atoms with Gasteiger partial charge >= 0.3 is 0 Å². The Balaban J connectivity index is 2.06. The molecule has 1 aromatic carbocycles. The zero-order chi connectivity index (χ0) is 14.0. The Morgan fingerprint density at radius 1 is 1.53 bits per heavy atom. The summed E-state index contributed by atoms with van der Waals surface area (Å²) >= 11 is 5.93. The summed E-state index contributed by atoms with van der Waals surface area (Å²) in [6.45, 7) is 0.665. The van der Waals surface area contributed by atoms with Gasteiger partial charge in [0.05, 0.1) is 12.7 Å². The van der Waals surface area contributed by atoms with Gasteiger partial charge in [0.15, 0.2) is 11.5 Å².